The minimum atomic E-state index is 0.0694. The van der Waals surface area contributed by atoms with Gasteiger partial charge in [0.05, 0.1) is 59.5 Å². The van der Waals surface area contributed by atoms with Crippen LogP contribution in [0.3, 0.4) is 0 Å². The summed E-state index contributed by atoms with van der Waals surface area (Å²) < 4.78 is 7.36. The summed E-state index contributed by atoms with van der Waals surface area (Å²) in [4.78, 5) is 5.38. The van der Waals surface area contributed by atoms with Gasteiger partial charge >= 0.3 is 94.6 Å². The number of nitrogens with zero attached hydrogens (tertiary/aromatic N) is 3. The Morgan fingerprint density at radius 3 is 0.854 bits per heavy atom. The van der Waals surface area contributed by atoms with Crippen LogP contribution in [0.5, 0.6) is 0 Å². The maximum atomic E-state index is 8.48. The second-order valence-electron chi connectivity index (χ2n) is 9.27. The minimum absolute atomic E-state index is 0.0694. The fourth-order valence-electron chi connectivity index (χ4n) is 3.84. The zero-order valence-electron chi connectivity index (χ0n) is 24.8. The van der Waals surface area contributed by atoms with E-state index in [1.807, 2.05) is 7.11 Å². The van der Waals surface area contributed by atoms with Crippen LogP contribution in [0.4, 0.5) is 0 Å². The van der Waals surface area contributed by atoms with Gasteiger partial charge in [-0.3, -0.25) is 14.7 Å². The van der Waals surface area contributed by atoms with Gasteiger partial charge in [0.25, 0.3) is 0 Å². The topological polar surface area (TPSA) is 201 Å². The molecule has 0 bridgehead atoms. The van der Waals surface area contributed by atoms with Crippen LogP contribution in [0.15, 0.2) is 0 Å². The molecule has 1 fully saturated rings. The van der Waals surface area contributed by atoms with E-state index in [0.717, 1.165) is 9.50 Å². The Morgan fingerprint density at radius 2 is 0.707 bits per heavy atom. The molecule has 243 valence electrons. The van der Waals surface area contributed by atoms with Crippen molar-refractivity contribution in [3.05, 3.63) is 0 Å². The first-order chi connectivity index (χ1) is 19.6. The molecule has 0 aliphatic heterocycles. The fourth-order valence-corrected chi connectivity index (χ4v) is 10.3. The SMILES string of the molecule is CO[C]1([Ge])C[CH]([Ge])C[CH]([Ge])C1.OCCN(CCO)CCO.OCCN(CCO)CCO.OCCN(CCO)CCO. The molecule has 1 rings (SSSR count). The van der Waals surface area contributed by atoms with E-state index in [2.05, 4.69) is 49.5 Å². The molecule has 16 heteroatoms. The van der Waals surface area contributed by atoms with Crippen LogP contribution in [-0.2, 0) is 4.74 Å². The molecule has 41 heavy (non-hydrogen) atoms. The average molecular weight is 777 g/mol. The van der Waals surface area contributed by atoms with Crippen molar-refractivity contribution in [2.45, 2.75) is 33.2 Å². The van der Waals surface area contributed by atoms with Gasteiger partial charge in [-0.1, -0.05) is 0 Å². The summed E-state index contributed by atoms with van der Waals surface area (Å²) >= 11 is 6.89. The van der Waals surface area contributed by atoms with E-state index in [9.17, 15) is 0 Å². The summed E-state index contributed by atoms with van der Waals surface area (Å²) in [5.74, 6) is 0. The summed E-state index contributed by atoms with van der Waals surface area (Å²) in [6, 6.07) is 0. The van der Waals surface area contributed by atoms with Crippen molar-refractivity contribution in [1.29, 1.82) is 0 Å². The molecule has 1 aliphatic carbocycles. The van der Waals surface area contributed by atoms with Crippen LogP contribution < -0.4 is 0 Å². The number of methoxy groups -OCH3 is 1. The summed E-state index contributed by atoms with van der Waals surface area (Å²) in [7, 11) is 1.84. The first-order valence-electron chi connectivity index (χ1n) is 14.0. The number of hydrogen-bond acceptors (Lipinski definition) is 13. The van der Waals surface area contributed by atoms with Gasteiger partial charge in [-0.05, 0) is 0 Å². The van der Waals surface area contributed by atoms with E-state index in [1.54, 1.807) is 14.7 Å². The van der Waals surface area contributed by atoms with Gasteiger partial charge in [-0.2, -0.15) is 0 Å². The fraction of sp³-hybridized carbons (Fsp3) is 1.00. The Kier molecular flexibility index (Phi) is 38.6. The van der Waals surface area contributed by atoms with E-state index >= 15 is 0 Å². The number of aliphatic hydroxyl groups excluding tert-OH is 9. The number of rotatable bonds is 19. The third-order valence-corrected chi connectivity index (χ3v) is 8.99. The van der Waals surface area contributed by atoms with Crippen molar-refractivity contribution in [3.8, 4) is 0 Å². The predicted octanol–water partition coefficient (Wildman–Crippen LogP) is -4.61. The first-order valence-corrected chi connectivity index (χ1v) is 17.4. The van der Waals surface area contributed by atoms with Crippen molar-refractivity contribution < 1.29 is 50.7 Å². The molecule has 0 spiro atoms. The summed E-state index contributed by atoms with van der Waals surface area (Å²) in [5, 5.41) is 76.4. The standard InChI is InChI=1S/C7H11Ge3O.3C6H15NO3/c1-11-7(10)3-5(8)2-6(9)4-7;3*8-4-1-7(2-5-9)3-6-10/h5-6H,2-4H2,1H3;3*8-10H,1-6H2. The molecule has 1 aliphatic rings. The molecule has 2 atom stereocenters. The second-order valence-corrected chi connectivity index (χ2v) is 14.6. The molecule has 0 aromatic heterocycles. The quantitative estimate of drug-likeness (QED) is 0.0569. The van der Waals surface area contributed by atoms with E-state index in [0.29, 0.717) is 58.9 Å². The molecule has 0 aromatic carbocycles. The molecule has 2 unspecified atom stereocenters. The molecule has 9 N–H and O–H groups in total. The van der Waals surface area contributed by atoms with Crippen LogP contribution in [0.2, 0.25) is 9.50 Å². The van der Waals surface area contributed by atoms with Crippen LogP contribution in [0.25, 0.3) is 0 Å². The van der Waals surface area contributed by atoms with Gasteiger partial charge in [0, 0.05) is 58.9 Å². The molecule has 9 radical (unpaired) electrons. The molecule has 0 amide bonds. The van der Waals surface area contributed by atoms with Crippen molar-refractivity contribution in [2.24, 2.45) is 0 Å². The maximum Gasteiger partial charge on any atom is 0.0558 e. The Bertz CT molecular complexity index is 430. The van der Waals surface area contributed by atoms with Crippen molar-refractivity contribution in [1.82, 2.24) is 14.7 Å². The Labute approximate surface area is 272 Å². The molecular weight excluding hydrogens is 720 g/mol. The summed E-state index contributed by atoms with van der Waals surface area (Å²) in [6.45, 7) is 5.26. The van der Waals surface area contributed by atoms with Gasteiger partial charge < -0.3 is 46.0 Å². The maximum absolute atomic E-state index is 8.48. The molecule has 0 aromatic rings. The minimum Gasteiger partial charge on any atom is -0.395 e. The number of aliphatic hydroxyl groups is 9. The van der Waals surface area contributed by atoms with Gasteiger partial charge in [0.1, 0.15) is 0 Å². The Balaban J connectivity index is -0.000000470. The van der Waals surface area contributed by atoms with E-state index in [1.165, 1.54) is 19.3 Å². The number of ether oxygens (including phenoxy) is 1. The monoisotopic (exact) mass is 780 g/mol. The second kappa shape index (κ2) is 34.0. The largest absolute Gasteiger partial charge is 0.395 e. The first kappa shape index (κ1) is 46.5. The van der Waals surface area contributed by atoms with Crippen molar-refractivity contribution in [3.63, 3.8) is 0 Å². The van der Waals surface area contributed by atoms with Crippen molar-refractivity contribution in [2.75, 3.05) is 125 Å². The smallest absolute Gasteiger partial charge is 0.0558 e. The van der Waals surface area contributed by atoms with Gasteiger partial charge in [-0.15, -0.1) is 0 Å². The Morgan fingerprint density at radius 1 is 0.512 bits per heavy atom. The molecular formula is C25H56Ge3N3O10. The van der Waals surface area contributed by atoms with E-state index in [-0.39, 0.29) is 63.9 Å². The van der Waals surface area contributed by atoms with E-state index < -0.39 is 0 Å². The van der Waals surface area contributed by atoms with Gasteiger partial charge in [0.15, 0.2) is 0 Å². The molecule has 0 heterocycles. The average Bonchev–Trinajstić information content (AvgIpc) is 2.91. The third-order valence-electron chi connectivity index (χ3n) is 5.86. The molecule has 13 nitrogen and oxygen atoms in total. The summed E-state index contributed by atoms with van der Waals surface area (Å²) in [5.41, 5.74) is 0. The van der Waals surface area contributed by atoms with Crippen LogP contribution in [0, 0.1) is 0 Å². The van der Waals surface area contributed by atoms with Gasteiger partial charge in [-0.25, -0.2) is 0 Å². The molecule has 0 saturated heterocycles. The number of hydrogen-bond donors (Lipinski definition) is 9. The normalized spacial score (nSPS) is 20.2. The van der Waals surface area contributed by atoms with Crippen LogP contribution in [0.1, 0.15) is 19.3 Å². The predicted molar refractivity (Wildman–Crippen MR) is 161 cm³/mol. The van der Waals surface area contributed by atoms with Crippen LogP contribution in [-0.4, -0.2) is 240 Å². The van der Waals surface area contributed by atoms with Crippen molar-refractivity contribution >= 4 is 49.5 Å². The molecule has 1 saturated carbocycles. The zero-order valence-corrected chi connectivity index (χ0v) is 31.1. The van der Waals surface area contributed by atoms with Gasteiger partial charge in [0.2, 0.25) is 0 Å². The van der Waals surface area contributed by atoms with E-state index in [4.69, 9.17) is 50.7 Å². The zero-order chi connectivity index (χ0) is 31.9. The van der Waals surface area contributed by atoms with Crippen LogP contribution >= 0.6 is 0 Å². The Hall–Kier alpha value is 1.11. The summed E-state index contributed by atoms with van der Waals surface area (Å²) in [6.07, 6.45) is 3.83. The third kappa shape index (κ3) is 30.9.